The third-order valence-electron chi connectivity index (χ3n) is 4.02. The Hall–Kier alpha value is -3.04. The van der Waals surface area contributed by atoms with Gasteiger partial charge in [-0.05, 0) is 42.3 Å². The van der Waals surface area contributed by atoms with Gasteiger partial charge < -0.3 is 25.0 Å². The molecule has 2 aromatic rings. The van der Waals surface area contributed by atoms with E-state index in [1.807, 2.05) is 0 Å². The number of rotatable bonds is 9. The summed E-state index contributed by atoms with van der Waals surface area (Å²) >= 11 is 0. The molecule has 0 saturated heterocycles. The van der Waals surface area contributed by atoms with Gasteiger partial charge in [0.2, 0.25) is 0 Å². The van der Waals surface area contributed by atoms with E-state index in [0.717, 1.165) is 0 Å². The highest BCUT2D eigenvalue weighted by molar-refractivity contribution is 5.95. The van der Waals surface area contributed by atoms with Crippen LogP contribution in [0.1, 0.15) is 27.9 Å². The predicted molar refractivity (Wildman–Crippen MR) is 105 cm³/mol. The maximum atomic E-state index is 12.3. The van der Waals surface area contributed by atoms with E-state index in [-0.39, 0.29) is 25.3 Å². The molecular formula is C21H22F3NO5. The number of hydrogen-bond acceptors (Lipinski definition) is 5. The van der Waals surface area contributed by atoms with Crippen molar-refractivity contribution in [3.63, 3.8) is 0 Å². The molecule has 0 fully saturated rings. The average molecular weight is 425 g/mol. The van der Waals surface area contributed by atoms with Crippen LogP contribution in [0.2, 0.25) is 0 Å². The lowest BCUT2D eigenvalue weighted by Crippen LogP contribution is -2.32. The van der Waals surface area contributed by atoms with Crippen LogP contribution in [0.4, 0.5) is 13.2 Å². The SMILES string of the molecule is COc1ccc(C(=O)NCC(O)CCO)cc1C=Cc1ccc(OC(F)(F)F)cc1. The zero-order valence-corrected chi connectivity index (χ0v) is 16.1. The van der Waals surface area contributed by atoms with Crippen LogP contribution in [-0.2, 0) is 0 Å². The Morgan fingerprint density at radius 2 is 1.87 bits per heavy atom. The highest BCUT2D eigenvalue weighted by Crippen LogP contribution is 2.25. The van der Waals surface area contributed by atoms with E-state index >= 15 is 0 Å². The van der Waals surface area contributed by atoms with Crippen molar-refractivity contribution in [1.29, 1.82) is 0 Å². The maximum Gasteiger partial charge on any atom is 0.573 e. The second-order valence-electron chi connectivity index (χ2n) is 6.28. The van der Waals surface area contributed by atoms with Crippen LogP contribution in [0.5, 0.6) is 11.5 Å². The Kier molecular flexibility index (Phi) is 8.25. The lowest BCUT2D eigenvalue weighted by atomic mass is 10.1. The highest BCUT2D eigenvalue weighted by atomic mass is 19.4. The molecule has 0 spiro atoms. The molecule has 3 N–H and O–H groups in total. The van der Waals surface area contributed by atoms with Gasteiger partial charge in [-0.1, -0.05) is 24.3 Å². The zero-order chi connectivity index (χ0) is 22.1. The summed E-state index contributed by atoms with van der Waals surface area (Å²) < 4.78 is 45.8. The number of benzene rings is 2. The summed E-state index contributed by atoms with van der Waals surface area (Å²) in [5, 5.41) is 21.0. The van der Waals surface area contributed by atoms with E-state index in [0.29, 0.717) is 22.4 Å². The molecule has 6 nitrogen and oxygen atoms in total. The molecule has 1 unspecified atom stereocenters. The van der Waals surface area contributed by atoms with Crippen molar-refractivity contribution in [3.05, 3.63) is 59.2 Å². The number of nitrogens with one attached hydrogen (secondary N) is 1. The molecule has 0 heterocycles. The molecule has 0 radical (unpaired) electrons. The Bertz CT molecular complexity index is 866. The summed E-state index contributed by atoms with van der Waals surface area (Å²) in [5.74, 6) is -0.225. The van der Waals surface area contributed by atoms with Crippen molar-refractivity contribution in [2.75, 3.05) is 20.3 Å². The van der Waals surface area contributed by atoms with E-state index in [4.69, 9.17) is 9.84 Å². The van der Waals surface area contributed by atoms with Gasteiger partial charge in [0.25, 0.3) is 5.91 Å². The number of alkyl halides is 3. The number of methoxy groups -OCH3 is 1. The zero-order valence-electron chi connectivity index (χ0n) is 16.1. The molecule has 0 aromatic heterocycles. The predicted octanol–water partition coefficient (Wildman–Crippen LogP) is 3.24. The maximum absolute atomic E-state index is 12.3. The Morgan fingerprint density at radius 3 is 2.47 bits per heavy atom. The summed E-state index contributed by atoms with van der Waals surface area (Å²) in [7, 11) is 1.47. The fourth-order valence-electron chi connectivity index (χ4n) is 2.54. The quantitative estimate of drug-likeness (QED) is 0.537. The van der Waals surface area contributed by atoms with Crippen LogP contribution in [0.3, 0.4) is 0 Å². The first-order chi connectivity index (χ1) is 14.2. The topological polar surface area (TPSA) is 88.0 Å². The van der Waals surface area contributed by atoms with Crippen molar-refractivity contribution >= 4 is 18.1 Å². The second-order valence-corrected chi connectivity index (χ2v) is 6.28. The second kappa shape index (κ2) is 10.7. The lowest BCUT2D eigenvalue weighted by molar-refractivity contribution is -0.274. The van der Waals surface area contributed by atoms with Gasteiger partial charge in [0.15, 0.2) is 0 Å². The molecule has 30 heavy (non-hydrogen) atoms. The molecule has 1 amide bonds. The molecule has 0 aliphatic carbocycles. The smallest absolute Gasteiger partial charge is 0.496 e. The van der Waals surface area contributed by atoms with Gasteiger partial charge in [-0.25, -0.2) is 0 Å². The van der Waals surface area contributed by atoms with Gasteiger partial charge in [0.1, 0.15) is 11.5 Å². The van der Waals surface area contributed by atoms with Gasteiger partial charge in [0.05, 0.1) is 13.2 Å². The van der Waals surface area contributed by atoms with Crippen LogP contribution in [0.25, 0.3) is 12.2 Å². The molecule has 162 valence electrons. The number of aliphatic hydroxyl groups excluding tert-OH is 2. The first-order valence-corrected chi connectivity index (χ1v) is 9.01. The number of ether oxygens (including phenoxy) is 2. The molecule has 9 heteroatoms. The van der Waals surface area contributed by atoms with Crippen LogP contribution >= 0.6 is 0 Å². The number of carbonyl (C=O) groups excluding carboxylic acids is 1. The summed E-state index contributed by atoms with van der Waals surface area (Å²) in [5.41, 5.74) is 1.53. The van der Waals surface area contributed by atoms with Crippen molar-refractivity contribution in [2.24, 2.45) is 0 Å². The number of carbonyl (C=O) groups is 1. The van der Waals surface area contributed by atoms with Gasteiger partial charge in [-0.3, -0.25) is 4.79 Å². The summed E-state index contributed by atoms with van der Waals surface area (Å²) in [6.45, 7) is -0.180. The summed E-state index contributed by atoms with van der Waals surface area (Å²) in [4.78, 5) is 12.3. The standard InChI is InChI=1S/C21H22F3NO5/c1-29-19-9-6-16(20(28)25-13-17(27)10-11-26)12-15(19)5-2-14-3-7-18(8-4-14)30-21(22,23)24/h2-9,12,17,26-27H,10-11,13H2,1H3,(H,25,28). The molecule has 0 bridgehead atoms. The minimum atomic E-state index is -4.75. The molecule has 0 aliphatic rings. The van der Waals surface area contributed by atoms with Gasteiger partial charge in [-0.2, -0.15) is 0 Å². The van der Waals surface area contributed by atoms with Gasteiger partial charge in [-0.15, -0.1) is 13.2 Å². The Labute approximate surface area is 171 Å². The van der Waals surface area contributed by atoms with E-state index < -0.39 is 18.4 Å². The fourth-order valence-corrected chi connectivity index (χ4v) is 2.54. The van der Waals surface area contributed by atoms with E-state index in [2.05, 4.69) is 10.1 Å². The van der Waals surface area contributed by atoms with Crippen molar-refractivity contribution in [1.82, 2.24) is 5.32 Å². The normalized spacial score (nSPS) is 12.6. The molecular weight excluding hydrogens is 403 g/mol. The molecule has 1 atom stereocenters. The van der Waals surface area contributed by atoms with E-state index in [9.17, 15) is 23.1 Å². The Balaban J connectivity index is 2.12. The Morgan fingerprint density at radius 1 is 1.17 bits per heavy atom. The van der Waals surface area contributed by atoms with E-state index in [1.54, 1.807) is 30.4 Å². The first kappa shape index (κ1) is 23.2. The van der Waals surface area contributed by atoms with Crippen molar-refractivity contribution < 1.29 is 37.7 Å². The summed E-state index contributed by atoms with van der Waals surface area (Å²) in [6.07, 6.45) is -2.12. The van der Waals surface area contributed by atoms with Crippen LogP contribution in [0, 0.1) is 0 Å². The largest absolute Gasteiger partial charge is 0.573 e. The van der Waals surface area contributed by atoms with Crippen molar-refractivity contribution in [3.8, 4) is 11.5 Å². The third kappa shape index (κ3) is 7.41. The molecule has 0 aliphatic heterocycles. The van der Waals surface area contributed by atoms with E-state index in [1.165, 1.54) is 31.4 Å². The minimum absolute atomic E-state index is 0.00292. The average Bonchev–Trinajstić information content (AvgIpc) is 2.70. The first-order valence-electron chi connectivity index (χ1n) is 9.01. The van der Waals surface area contributed by atoms with Crippen LogP contribution in [0.15, 0.2) is 42.5 Å². The monoisotopic (exact) mass is 425 g/mol. The third-order valence-corrected chi connectivity index (χ3v) is 4.02. The number of halogens is 3. The number of hydrogen-bond donors (Lipinski definition) is 3. The van der Waals surface area contributed by atoms with Crippen molar-refractivity contribution in [2.45, 2.75) is 18.9 Å². The highest BCUT2D eigenvalue weighted by Gasteiger charge is 2.30. The molecule has 2 aromatic carbocycles. The van der Waals surface area contributed by atoms with Gasteiger partial charge in [0, 0.05) is 24.3 Å². The molecule has 0 saturated carbocycles. The van der Waals surface area contributed by atoms with Gasteiger partial charge >= 0.3 is 6.36 Å². The lowest BCUT2D eigenvalue weighted by Gasteiger charge is -2.12. The number of amides is 1. The van der Waals surface area contributed by atoms with Crippen LogP contribution in [-0.4, -0.2) is 48.8 Å². The fraction of sp³-hybridized carbons (Fsp3) is 0.286. The summed E-state index contributed by atoms with van der Waals surface area (Å²) in [6, 6.07) is 10.1. The molecule has 2 rings (SSSR count). The number of aliphatic hydroxyl groups is 2. The minimum Gasteiger partial charge on any atom is -0.496 e. The van der Waals surface area contributed by atoms with Crippen LogP contribution < -0.4 is 14.8 Å².